The van der Waals surface area contributed by atoms with Crippen molar-refractivity contribution in [2.45, 2.75) is 95.3 Å². The third-order valence-corrected chi connectivity index (χ3v) is 6.55. The summed E-state index contributed by atoms with van der Waals surface area (Å²) >= 11 is 0. The molecule has 7 heteroatoms. The Hall–Kier alpha value is -0.414. The van der Waals surface area contributed by atoms with Gasteiger partial charge in [0.2, 0.25) is 0 Å². The molecule has 178 valence electrons. The molecule has 0 heterocycles. The molecule has 2 aromatic rings. The fraction of sp³-hybridized carbons (Fsp3) is 0.538. The topological polar surface area (TPSA) is 86.7 Å². The molecule has 0 aliphatic rings. The molecule has 0 spiro atoms. The molecule has 1 N–H and O–H groups in total. The van der Waals surface area contributed by atoms with E-state index in [0.29, 0.717) is 17.7 Å². The molecule has 0 bridgehead atoms. The molecule has 0 aliphatic carbocycles. The maximum absolute atomic E-state index is 12.4. The summed E-state index contributed by atoms with van der Waals surface area (Å²) in [7, 11) is -4.56. The van der Waals surface area contributed by atoms with Crippen LogP contribution in [0.4, 0.5) is 0 Å². The molecule has 33 heavy (non-hydrogen) atoms. The smallest absolute Gasteiger partial charge is 0.872 e. The molecule has 2 rings (SSSR count). The van der Waals surface area contributed by atoms with Crippen molar-refractivity contribution in [3.05, 3.63) is 48.0 Å². The van der Waals surface area contributed by atoms with Crippen molar-refractivity contribution < 1.29 is 74.2 Å². The largest absolute Gasteiger partial charge is 1.00 e. The molecule has 5 nitrogen and oxygen atoms in total. The Morgan fingerprint density at radius 1 is 0.818 bits per heavy atom. The van der Waals surface area contributed by atoms with Crippen molar-refractivity contribution >= 4 is 10.1 Å². The molecule has 0 atom stereocenters. The Morgan fingerprint density at radius 2 is 1.33 bits per heavy atom. The van der Waals surface area contributed by atoms with Crippen LogP contribution < -0.4 is 61.2 Å². The molecular weight excluding hydrogens is 463 g/mol. The van der Waals surface area contributed by atoms with Gasteiger partial charge in [0.15, 0.2) is 0 Å². The summed E-state index contributed by atoms with van der Waals surface area (Å²) in [4.78, 5) is -0.496. The van der Waals surface area contributed by atoms with Gasteiger partial charge in [-0.3, -0.25) is 4.55 Å². The monoisotopic (exact) mass is 500 g/mol. The fourth-order valence-electron chi connectivity index (χ4n) is 3.83. The van der Waals surface area contributed by atoms with Crippen molar-refractivity contribution in [1.29, 1.82) is 0 Å². The summed E-state index contributed by atoms with van der Waals surface area (Å²) in [6.45, 7) is 2.24. The zero-order valence-corrected chi connectivity index (χ0v) is 24.2. The SMILES string of the molecule is CCCCCCCCCCCCCCc1cc(Oc2ccccc2)c(S(=O)(=O)O)cc1[O-].[K+]. The minimum absolute atomic E-state index is 0. The number of unbranched alkanes of at least 4 members (excludes halogenated alkanes) is 11. The average Bonchev–Trinajstić information content (AvgIpc) is 2.76. The van der Waals surface area contributed by atoms with E-state index in [-0.39, 0.29) is 62.9 Å². The number of hydrogen-bond acceptors (Lipinski definition) is 4. The normalized spacial score (nSPS) is 11.2. The average molecular weight is 501 g/mol. The molecule has 0 unspecified atom stereocenters. The minimum atomic E-state index is -4.56. The number of para-hydroxylation sites is 1. The first-order chi connectivity index (χ1) is 15.4. The fourth-order valence-corrected chi connectivity index (χ4v) is 4.44. The summed E-state index contributed by atoms with van der Waals surface area (Å²) < 4.78 is 38.6. The molecule has 0 aromatic heterocycles. The van der Waals surface area contributed by atoms with Crippen molar-refractivity contribution in [2.75, 3.05) is 0 Å². The van der Waals surface area contributed by atoms with Crippen LogP contribution in [0.1, 0.15) is 89.5 Å². The van der Waals surface area contributed by atoms with Gasteiger partial charge in [0.05, 0.1) is 0 Å². The third kappa shape index (κ3) is 12.2. The van der Waals surface area contributed by atoms with Gasteiger partial charge in [-0.1, -0.05) is 101 Å². The van der Waals surface area contributed by atoms with Gasteiger partial charge in [-0.25, -0.2) is 0 Å². The second-order valence-electron chi connectivity index (χ2n) is 8.44. The maximum atomic E-state index is 12.4. The number of hydrogen-bond donors (Lipinski definition) is 1. The summed E-state index contributed by atoms with van der Waals surface area (Å²) in [6, 6.07) is 11.1. The minimum Gasteiger partial charge on any atom is -0.872 e. The van der Waals surface area contributed by atoms with Crippen LogP contribution in [0.2, 0.25) is 0 Å². The molecule has 0 fully saturated rings. The Labute approximate surface area is 242 Å². The van der Waals surface area contributed by atoms with E-state index in [9.17, 15) is 18.1 Å². The van der Waals surface area contributed by atoms with Gasteiger partial charge >= 0.3 is 51.4 Å². The predicted octanol–water partition coefficient (Wildman–Crippen LogP) is 4.05. The van der Waals surface area contributed by atoms with Crippen LogP contribution in [0.15, 0.2) is 47.4 Å². The first-order valence-electron chi connectivity index (χ1n) is 12.0. The molecule has 0 radical (unpaired) electrons. The quantitative estimate of drug-likeness (QED) is 0.213. The van der Waals surface area contributed by atoms with Gasteiger partial charge in [-0.15, -0.1) is 5.75 Å². The Morgan fingerprint density at radius 3 is 1.85 bits per heavy atom. The van der Waals surface area contributed by atoms with E-state index in [1.807, 2.05) is 6.07 Å². The standard InChI is InChI=1S/C26H38O5S.K/c1-2-3-4-5-6-7-8-9-10-11-12-14-17-22-20-25(31-23-18-15-13-16-19-23)26(21-24(22)27)32(28,29)30;/h13,15-16,18-21,27H,2-12,14,17H2,1H3,(H,28,29,30);/q;+1/p-1. The summed E-state index contributed by atoms with van der Waals surface area (Å²) in [5.41, 5.74) is 0.510. The van der Waals surface area contributed by atoms with Crippen LogP contribution in [0.3, 0.4) is 0 Å². The maximum Gasteiger partial charge on any atom is 1.00 e. The van der Waals surface area contributed by atoms with Gasteiger partial charge in [0.1, 0.15) is 16.4 Å². The van der Waals surface area contributed by atoms with Gasteiger partial charge in [0.25, 0.3) is 10.1 Å². The first-order valence-corrected chi connectivity index (χ1v) is 13.4. The van der Waals surface area contributed by atoms with Crippen LogP contribution in [-0.2, 0) is 16.5 Å². The molecule has 2 aromatic carbocycles. The van der Waals surface area contributed by atoms with Gasteiger partial charge < -0.3 is 9.84 Å². The van der Waals surface area contributed by atoms with E-state index in [1.54, 1.807) is 24.3 Å². The van der Waals surface area contributed by atoms with E-state index >= 15 is 0 Å². The van der Waals surface area contributed by atoms with E-state index in [2.05, 4.69) is 6.92 Å². The summed E-state index contributed by atoms with van der Waals surface area (Å²) in [5, 5.41) is 12.4. The van der Waals surface area contributed by atoms with Crippen molar-refractivity contribution in [3.8, 4) is 17.2 Å². The Balaban J connectivity index is 0.00000544. The zero-order chi connectivity index (χ0) is 23.2. The van der Waals surface area contributed by atoms with Gasteiger partial charge in [-0.2, -0.15) is 8.42 Å². The first kappa shape index (κ1) is 30.6. The Bertz CT molecular complexity index is 900. The van der Waals surface area contributed by atoms with E-state index < -0.39 is 15.0 Å². The van der Waals surface area contributed by atoms with E-state index in [0.717, 1.165) is 25.3 Å². The van der Waals surface area contributed by atoms with Crippen LogP contribution in [0, 0.1) is 0 Å². The van der Waals surface area contributed by atoms with Crippen LogP contribution in [0.25, 0.3) is 0 Å². The summed E-state index contributed by atoms with van der Waals surface area (Å²) in [5.74, 6) is 0.0284. The van der Waals surface area contributed by atoms with Crippen molar-refractivity contribution in [2.24, 2.45) is 0 Å². The number of benzene rings is 2. The predicted molar refractivity (Wildman–Crippen MR) is 127 cm³/mol. The van der Waals surface area contributed by atoms with Crippen LogP contribution in [-0.4, -0.2) is 13.0 Å². The van der Waals surface area contributed by atoms with Crippen molar-refractivity contribution in [1.82, 2.24) is 0 Å². The number of aryl methyl sites for hydroxylation is 1. The van der Waals surface area contributed by atoms with Gasteiger partial charge in [0, 0.05) is 0 Å². The number of rotatable bonds is 16. The molecule has 0 amide bonds. The number of ether oxygens (including phenoxy) is 1. The molecular formula is C26H37KO5S. The molecule has 0 aliphatic heterocycles. The zero-order valence-electron chi connectivity index (χ0n) is 20.2. The molecule has 0 saturated heterocycles. The van der Waals surface area contributed by atoms with Gasteiger partial charge in [-0.05, 0) is 37.1 Å². The van der Waals surface area contributed by atoms with Crippen LogP contribution >= 0.6 is 0 Å². The second kappa shape index (κ2) is 17.1. The third-order valence-electron chi connectivity index (χ3n) is 5.68. The second-order valence-corrected chi connectivity index (χ2v) is 9.83. The Kier molecular flexibility index (Phi) is 15.9. The van der Waals surface area contributed by atoms with E-state index in [4.69, 9.17) is 4.74 Å². The molecule has 0 saturated carbocycles. The van der Waals surface area contributed by atoms with Crippen LogP contribution in [0.5, 0.6) is 17.2 Å². The van der Waals surface area contributed by atoms with E-state index in [1.165, 1.54) is 63.9 Å². The van der Waals surface area contributed by atoms with Crippen molar-refractivity contribution in [3.63, 3.8) is 0 Å². The summed E-state index contributed by atoms with van der Waals surface area (Å²) in [6.07, 6.45) is 15.4.